The summed E-state index contributed by atoms with van der Waals surface area (Å²) in [5, 5.41) is 0.713. The van der Waals surface area contributed by atoms with E-state index in [4.69, 9.17) is 16.3 Å². The van der Waals surface area contributed by atoms with Crippen LogP contribution in [0.15, 0.2) is 51.8 Å². The lowest BCUT2D eigenvalue weighted by Crippen LogP contribution is -1.96. The molecule has 0 radical (unpaired) electrons. The van der Waals surface area contributed by atoms with Gasteiger partial charge in [0.15, 0.2) is 0 Å². The Morgan fingerprint density at radius 3 is 2.50 bits per heavy atom. The molecular formula is C14H12BrClOS. The van der Waals surface area contributed by atoms with Crippen molar-refractivity contribution in [2.45, 2.75) is 11.5 Å². The molecule has 18 heavy (non-hydrogen) atoms. The van der Waals surface area contributed by atoms with Crippen molar-refractivity contribution >= 4 is 39.3 Å². The first-order chi connectivity index (χ1) is 8.69. The number of ether oxygens (including phenoxy) is 1. The highest BCUT2D eigenvalue weighted by molar-refractivity contribution is 9.10. The van der Waals surface area contributed by atoms with Crippen molar-refractivity contribution in [2.24, 2.45) is 0 Å². The van der Waals surface area contributed by atoms with Gasteiger partial charge in [-0.2, -0.15) is 0 Å². The van der Waals surface area contributed by atoms with Crippen LogP contribution in [0.2, 0.25) is 5.02 Å². The molecule has 0 aromatic heterocycles. The van der Waals surface area contributed by atoms with Gasteiger partial charge in [-0.25, -0.2) is 0 Å². The van der Waals surface area contributed by atoms with Gasteiger partial charge in [-0.05, 0) is 42.7 Å². The van der Waals surface area contributed by atoms with Gasteiger partial charge in [0, 0.05) is 20.0 Å². The Bertz CT molecular complexity index is 528. The Hall–Kier alpha value is -0.640. The molecule has 0 saturated heterocycles. The molecular weight excluding hydrogens is 332 g/mol. The smallest absolute Gasteiger partial charge is 0.119 e. The molecule has 2 aromatic rings. The van der Waals surface area contributed by atoms with E-state index in [2.05, 4.69) is 22.2 Å². The molecule has 0 atom stereocenters. The van der Waals surface area contributed by atoms with Crippen LogP contribution in [0.5, 0.6) is 5.75 Å². The molecule has 0 heterocycles. The van der Waals surface area contributed by atoms with E-state index in [-0.39, 0.29) is 0 Å². The lowest BCUT2D eigenvalue weighted by atomic mass is 10.2. The monoisotopic (exact) mass is 342 g/mol. The second kappa shape index (κ2) is 6.50. The summed E-state index contributed by atoms with van der Waals surface area (Å²) in [5.74, 6) is 0.854. The summed E-state index contributed by atoms with van der Waals surface area (Å²) in [7, 11) is 0. The predicted octanol–water partition coefficient (Wildman–Crippen LogP) is 5.40. The van der Waals surface area contributed by atoms with E-state index in [1.807, 2.05) is 42.5 Å². The minimum absolute atomic E-state index is 0.477. The van der Waals surface area contributed by atoms with Crippen molar-refractivity contribution in [3.05, 3.63) is 57.5 Å². The number of halogens is 2. The molecule has 0 N–H and O–H groups in total. The maximum atomic E-state index is 6.13. The van der Waals surface area contributed by atoms with Gasteiger partial charge in [-0.3, -0.25) is 0 Å². The van der Waals surface area contributed by atoms with E-state index in [0.29, 0.717) is 11.6 Å². The zero-order chi connectivity index (χ0) is 13.0. The van der Waals surface area contributed by atoms with Gasteiger partial charge in [-0.15, -0.1) is 11.8 Å². The Morgan fingerprint density at radius 2 is 1.89 bits per heavy atom. The molecule has 0 unspecified atom stereocenters. The SMILES string of the molecule is CSc1ccc(OCc2ccc(Br)cc2Cl)cc1. The topological polar surface area (TPSA) is 9.23 Å². The van der Waals surface area contributed by atoms with Gasteiger partial charge in [0.05, 0.1) is 0 Å². The summed E-state index contributed by atoms with van der Waals surface area (Å²) in [4.78, 5) is 1.23. The van der Waals surface area contributed by atoms with E-state index in [0.717, 1.165) is 15.8 Å². The van der Waals surface area contributed by atoms with Gasteiger partial charge in [0.25, 0.3) is 0 Å². The van der Waals surface area contributed by atoms with Crippen LogP contribution in [0.3, 0.4) is 0 Å². The molecule has 94 valence electrons. The lowest BCUT2D eigenvalue weighted by Gasteiger charge is -2.08. The average molecular weight is 344 g/mol. The molecule has 0 fully saturated rings. The fraction of sp³-hybridized carbons (Fsp3) is 0.143. The van der Waals surface area contributed by atoms with E-state index in [1.165, 1.54) is 4.90 Å². The van der Waals surface area contributed by atoms with Crippen molar-refractivity contribution in [1.29, 1.82) is 0 Å². The minimum atomic E-state index is 0.477. The van der Waals surface area contributed by atoms with Gasteiger partial charge >= 0.3 is 0 Å². The first-order valence-electron chi connectivity index (χ1n) is 5.40. The van der Waals surface area contributed by atoms with Crippen LogP contribution in [0, 0.1) is 0 Å². The third-order valence-electron chi connectivity index (χ3n) is 2.47. The Kier molecular flexibility index (Phi) is 4.98. The van der Waals surface area contributed by atoms with Crippen molar-refractivity contribution < 1.29 is 4.74 Å². The van der Waals surface area contributed by atoms with Crippen LogP contribution < -0.4 is 4.74 Å². The Morgan fingerprint density at radius 1 is 1.17 bits per heavy atom. The first-order valence-corrected chi connectivity index (χ1v) is 7.79. The maximum absolute atomic E-state index is 6.13. The van der Waals surface area contributed by atoms with E-state index in [9.17, 15) is 0 Å². The normalized spacial score (nSPS) is 10.4. The molecule has 0 spiro atoms. The molecule has 0 amide bonds. The maximum Gasteiger partial charge on any atom is 0.119 e. The summed E-state index contributed by atoms with van der Waals surface area (Å²) in [6, 6.07) is 13.8. The van der Waals surface area contributed by atoms with Crippen LogP contribution in [0.4, 0.5) is 0 Å². The largest absolute Gasteiger partial charge is 0.489 e. The van der Waals surface area contributed by atoms with Crippen molar-refractivity contribution in [3.8, 4) is 5.75 Å². The first kappa shape index (κ1) is 13.8. The lowest BCUT2D eigenvalue weighted by molar-refractivity contribution is 0.306. The molecule has 2 rings (SSSR count). The van der Waals surface area contributed by atoms with Gasteiger partial charge in [0.1, 0.15) is 12.4 Å². The van der Waals surface area contributed by atoms with Crippen molar-refractivity contribution in [1.82, 2.24) is 0 Å². The number of rotatable bonds is 4. The molecule has 0 aliphatic rings. The van der Waals surface area contributed by atoms with Gasteiger partial charge < -0.3 is 4.74 Å². The summed E-state index contributed by atoms with van der Waals surface area (Å²) < 4.78 is 6.68. The minimum Gasteiger partial charge on any atom is -0.489 e. The number of thioether (sulfide) groups is 1. The Balaban J connectivity index is 2.02. The number of hydrogen-bond acceptors (Lipinski definition) is 2. The van der Waals surface area contributed by atoms with Crippen molar-refractivity contribution in [2.75, 3.05) is 6.26 Å². The molecule has 0 aliphatic heterocycles. The van der Waals surface area contributed by atoms with Crippen LogP contribution in [0.25, 0.3) is 0 Å². The molecule has 2 aromatic carbocycles. The van der Waals surface area contributed by atoms with Crippen LogP contribution >= 0.6 is 39.3 Å². The second-order valence-electron chi connectivity index (χ2n) is 3.70. The Labute approximate surface area is 125 Å². The second-order valence-corrected chi connectivity index (χ2v) is 5.90. The van der Waals surface area contributed by atoms with Crippen molar-refractivity contribution in [3.63, 3.8) is 0 Å². The highest BCUT2D eigenvalue weighted by Gasteiger charge is 2.02. The summed E-state index contributed by atoms with van der Waals surface area (Å²) in [6.07, 6.45) is 2.05. The highest BCUT2D eigenvalue weighted by atomic mass is 79.9. The van der Waals surface area contributed by atoms with E-state index in [1.54, 1.807) is 11.8 Å². The van der Waals surface area contributed by atoms with Gasteiger partial charge in [-0.1, -0.05) is 33.6 Å². The van der Waals surface area contributed by atoms with Crippen LogP contribution in [-0.2, 0) is 6.61 Å². The molecule has 0 saturated carbocycles. The van der Waals surface area contributed by atoms with Crippen LogP contribution in [-0.4, -0.2) is 6.26 Å². The zero-order valence-electron chi connectivity index (χ0n) is 9.82. The average Bonchev–Trinajstić information content (AvgIpc) is 2.38. The van der Waals surface area contributed by atoms with Gasteiger partial charge in [0.2, 0.25) is 0 Å². The fourth-order valence-electron chi connectivity index (χ4n) is 1.47. The zero-order valence-corrected chi connectivity index (χ0v) is 13.0. The summed E-state index contributed by atoms with van der Waals surface area (Å²) in [6.45, 7) is 0.477. The standard InChI is InChI=1S/C14H12BrClOS/c1-18-13-6-4-12(5-7-13)17-9-10-2-3-11(15)8-14(10)16/h2-8H,9H2,1H3. The molecule has 0 bridgehead atoms. The third kappa shape index (κ3) is 3.67. The quantitative estimate of drug-likeness (QED) is 0.687. The highest BCUT2D eigenvalue weighted by Crippen LogP contribution is 2.24. The van der Waals surface area contributed by atoms with E-state index < -0.39 is 0 Å². The summed E-state index contributed by atoms with van der Waals surface area (Å²) >= 11 is 11.2. The van der Waals surface area contributed by atoms with E-state index >= 15 is 0 Å². The third-order valence-corrected chi connectivity index (χ3v) is 4.06. The predicted molar refractivity (Wildman–Crippen MR) is 81.7 cm³/mol. The molecule has 4 heteroatoms. The van der Waals surface area contributed by atoms with Crippen LogP contribution in [0.1, 0.15) is 5.56 Å². The molecule has 0 aliphatic carbocycles. The number of benzene rings is 2. The summed E-state index contributed by atoms with van der Waals surface area (Å²) in [5.41, 5.74) is 0.980. The number of hydrogen-bond donors (Lipinski definition) is 0. The fourth-order valence-corrected chi connectivity index (χ4v) is 2.61. The molecule has 1 nitrogen and oxygen atoms in total.